The molecule has 0 spiro atoms. The largest absolute Gasteiger partial charge is 0.496 e. The maximum absolute atomic E-state index is 10.4. The average Bonchev–Trinajstić information content (AvgIpc) is 3.27. The van der Waals surface area contributed by atoms with E-state index in [0.717, 1.165) is 16.9 Å². The first kappa shape index (κ1) is 52.8. The number of aliphatic carboxylic acids is 4. The molecule has 0 radical (unpaired) electrons. The van der Waals surface area contributed by atoms with Crippen LogP contribution in [0.4, 0.5) is 0 Å². The Hall–Kier alpha value is -7.24. The average molecular weight is 873 g/mol. The van der Waals surface area contributed by atoms with Crippen LogP contribution in [-0.4, -0.2) is 114 Å². The van der Waals surface area contributed by atoms with Gasteiger partial charge < -0.3 is 67.8 Å². The first-order chi connectivity index (χ1) is 29.7. The molecule has 18 heteroatoms. The topological polar surface area (TPSA) is 241 Å². The maximum atomic E-state index is 10.4. The Bertz CT molecular complexity index is 1980. The van der Waals surface area contributed by atoms with E-state index in [0.29, 0.717) is 64.6 Å². The minimum absolute atomic E-state index is 0.0334. The molecule has 0 aliphatic heterocycles. The van der Waals surface area contributed by atoms with Gasteiger partial charge in [0.1, 0.15) is 11.5 Å². The van der Waals surface area contributed by atoms with E-state index < -0.39 is 23.9 Å². The molecule has 0 fully saturated rings. The first-order valence-electron chi connectivity index (χ1n) is 18.7. The second kappa shape index (κ2) is 29.9. The van der Waals surface area contributed by atoms with Crippen LogP contribution in [0.15, 0.2) is 72.8 Å². The molecule has 62 heavy (non-hydrogen) atoms. The Morgan fingerprint density at radius 1 is 0.403 bits per heavy atom. The normalized spacial score (nSPS) is 9.68. The Kier molecular flexibility index (Phi) is 25.4. The zero-order valence-corrected chi connectivity index (χ0v) is 36.1. The van der Waals surface area contributed by atoms with Crippen LogP contribution in [0.3, 0.4) is 0 Å². The molecule has 4 aromatic carbocycles. The Balaban J connectivity index is 0.000000416. The Morgan fingerprint density at radius 3 is 1.35 bits per heavy atom. The van der Waals surface area contributed by atoms with E-state index in [1.54, 1.807) is 70.9 Å². The van der Waals surface area contributed by atoms with E-state index >= 15 is 0 Å². The van der Waals surface area contributed by atoms with Gasteiger partial charge in [0.25, 0.3) is 0 Å². The zero-order chi connectivity index (χ0) is 46.5. The quantitative estimate of drug-likeness (QED) is 0.0654. The lowest BCUT2D eigenvalue weighted by Crippen LogP contribution is -2.06. The second-order valence-electron chi connectivity index (χ2n) is 12.1. The molecule has 4 rings (SSSR count). The van der Waals surface area contributed by atoms with Gasteiger partial charge in [-0.15, -0.1) is 0 Å². The fourth-order valence-electron chi connectivity index (χ4n) is 5.04. The van der Waals surface area contributed by atoms with Crippen LogP contribution in [0, 0.1) is 0 Å². The van der Waals surface area contributed by atoms with Gasteiger partial charge >= 0.3 is 23.9 Å². The van der Waals surface area contributed by atoms with Gasteiger partial charge in [-0.25, -0.2) is 0 Å². The van der Waals surface area contributed by atoms with Crippen molar-refractivity contribution in [2.75, 3.05) is 70.1 Å². The lowest BCUT2D eigenvalue weighted by atomic mass is 10.1. The summed E-state index contributed by atoms with van der Waals surface area (Å²) in [4.78, 5) is 41.4. The summed E-state index contributed by atoms with van der Waals surface area (Å²) < 4.78 is 51.5. The smallest absolute Gasteiger partial charge is 0.306 e. The number of aryl methyl sites for hydroxylation is 2. The highest BCUT2D eigenvalue weighted by molar-refractivity contribution is 5.68. The molecule has 0 aliphatic rings. The molecular formula is C44H56O18. The standard InChI is InChI=1S/C12H16O6.C11H14O5.C11H14O4.C10H12O3/c1-15-8-4-5-9(18-7-6-10(13)14)12(17-3)11(8)16-2;1-14-9-4-3-8(7-10(9)15-2)16-6-5-11(12)13;1-14-9-5-3-8(4-6-11(12)13)7-10(9)15-2;1-13-9-5-3-2-4-8(9)6-7-10(11)12/h4-5H,6-7H2,1-3H3,(H,13,14);3-4,7H,5-6H2,1-2H3,(H,12,13);3,5,7H,4,6H2,1-2H3,(H,12,13);2-5H,6-7H2,1H3,(H,11,12). The summed E-state index contributed by atoms with van der Waals surface area (Å²) in [6, 6.07) is 21.2. The summed E-state index contributed by atoms with van der Waals surface area (Å²) in [5.41, 5.74) is 1.86. The molecule has 18 nitrogen and oxygen atoms in total. The third-order valence-electron chi connectivity index (χ3n) is 8.06. The van der Waals surface area contributed by atoms with Crippen LogP contribution in [0.1, 0.15) is 36.8 Å². The highest BCUT2D eigenvalue weighted by Crippen LogP contribution is 2.44. The molecule has 4 aromatic rings. The van der Waals surface area contributed by atoms with E-state index in [1.807, 2.05) is 30.3 Å². The fourth-order valence-corrected chi connectivity index (χ4v) is 5.04. The van der Waals surface area contributed by atoms with Crippen LogP contribution in [0.5, 0.6) is 57.5 Å². The summed E-state index contributed by atoms with van der Waals surface area (Å²) in [6.07, 6.45) is 1.15. The van der Waals surface area contributed by atoms with Crippen LogP contribution in [-0.2, 0) is 32.0 Å². The number of rotatable bonds is 22. The van der Waals surface area contributed by atoms with Crippen LogP contribution in [0.25, 0.3) is 0 Å². The number of carboxylic acids is 4. The van der Waals surface area contributed by atoms with Crippen molar-refractivity contribution in [3.63, 3.8) is 0 Å². The van der Waals surface area contributed by atoms with Crippen molar-refractivity contribution in [3.8, 4) is 57.5 Å². The highest BCUT2D eigenvalue weighted by atomic mass is 16.6. The zero-order valence-electron chi connectivity index (χ0n) is 36.1. The molecular weight excluding hydrogens is 816 g/mol. The van der Waals surface area contributed by atoms with Gasteiger partial charge in [0, 0.05) is 18.9 Å². The van der Waals surface area contributed by atoms with E-state index in [4.69, 9.17) is 67.8 Å². The lowest BCUT2D eigenvalue weighted by Gasteiger charge is -2.15. The number of carboxylic acid groups (broad SMARTS) is 4. The summed E-state index contributed by atoms with van der Waals surface area (Å²) in [6.45, 7) is 0.187. The molecule has 0 atom stereocenters. The molecule has 0 saturated heterocycles. The van der Waals surface area contributed by atoms with Crippen LogP contribution < -0.4 is 47.4 Å². The number of para-hydroxylation sites is 1. The number of hydrogen-bond acceptors (Lipinski definition) is 14. The predicted molar refractivity (Wildman–Crippen MR) is 226 cm³/mol. The van der Waals surface area contributed by atoms with Crippen LogP contribution >= 0.6 is 0 Å². The van der Waals surface area contributed by atoms with Gasteiger partial charge in [0.05, 0.1) is 82.9 Å². The molecule has 0 bridgehead atoms. The molecule has 0 heterocycles. The number of hydrogen-bond donors (Lipinski definition) is 4. The van der Waals surface area contributed by atoms with E-state index in [1.165, 1.54) is 28.4 Å². The predicted octanol–water partition coefficient (Wildman–Crippen LogP) is 6.56. The van der Waals surface area contributed by atoms with Gasteiger partial charge in [-0.1, -0.05) is 24.3 Å². The van der Waals surface area contributed by atoms with Gasteiger partial charge in [-0.3, -0.25) is 19.2 Å². The first-order valence-corrected chi connectivity index (χ1v) is 18.7. The third kappa shape index (κ3) is 19.7. The molecule has 0 amide bonds. The minimum Gasteiger partial charge on any atom is -0.496 e. The van der Waals surface area contributed by atoms with Gasteiger partial charge in [0.15, 0.2) is 34.5 Å². The van der Waals surface area contributed by atoms with E-state index in [-0.39, 0.29) is 38.9 Å². The molecule has 4 N–H and O–H groups in total. The summed E-state index contributed by atoms with van der Waals surface area (Å²) in [5.74, 6) is 2.06. The molecule has 0 unspecified atom stereocenters. The van der Waals surface area contributed by atoms with Gasteiger partial charge in [-0.2, -0.15) is 0 Å². The van der Waals surface area contributed by atoms with Crippen molar-refractivity contribution >= 4 is 23.9 Å². The van der Waals surface area contributed by atoms with Gasteiger partial charge in [0.2, 0.25) is 11.5 Å². The third-order valence-corrected chi connectivity index (χ3v) is 8.06. The number of carbonyl (C=O) groups is 4. The monoisotopic (exact) mass is 872 g/mol. The number of ether oxygens (including phenoxy) is 10. The van der Waals surface area contributed by atoms with Crippen molar-refractivity contribution < 1.29 is 87.0 Å². The highest BCUT2D eigenvalue weighted by Gasteiger charge is 2.17. The fraction of sp³-hybridized carbons (Fsp3) is 0.364. The van der Waals surface area contributed by atoms with E-state index in [2.05, 4.69) is 0 Å². The lowest BCUT2D eigenvalue weighted by molar-refractivity contribution is -0.138. The van der Waals surface area contributed by atoms with Gasteiger partial charge in [-0.05, 0) is 66.4 Å². The molecule has 340 valence electrons. The SMILES string of the molecule is COc1ccc(CCC(=O)O)cc1OC.COc1ccc(OCCC(=O)O)c(OC)c1OC.COc1ccc(OCCC(=O)O)cc1OC.COc1ccccc1CCC(=O)O. The van der Waals surface area contributed by atoms with Crippen LogP contribution in [0.2, 0.25) is 0 Å². The molecule has 0 aromatic heterocycles. The Labute approximate surface area is 360 Å². The minimum atomic E-state index is -0.922. The summed E-state index contributed by atoms with van der Waals surface area (Å²) in [5, 5.41) is 34.0. The summed E-state index contributed by atoms with van der Waals surface area (Å²) in [7, 11) is 12.2. The number of methoxy groups -OCH3 is 8. The Morgan fingerprint density at radius 2 is 0.839 bits per heavy atom. The molecule has 0 aliphatic carbocycles. The van der Waals surface area contributed by atoms with E-state index in [9.17, 15) is 19.2 Å². The maximum Gasteiger partial charge on any atom is 0.306 e. The van der Waals surface area contributed by atoms with Crippen molar-refractivity contribution in [1.29, 1.82) is 0 Å². The second-order valence-corrected chi connectivity index (χ2v) is 12.1. The molecule has 0 saturated carbocycles. The van der Waals surface area contributed by atoms with Crippen molar-refractivity contribution in [3.05, 3.63) is 83.9 Å². The number of benzene rings is 4. The van der Waals surface area contributed by atoms with Crippen molar-refractivity contribution in [2.24, 2.45) is 0 Å². The van der Waals surface area contributed by atoms with Crippen molar-refractivity contribution in [1.82, 2.24) is 0 Å². The van der Waals surface area contributed by atoms with Crippen molar-refractivity contribution in [2.45, 2.75) is 38.5 Å². The summed E-state index contributed by atoms with van der Waals surface area (Å²) >= 11 is 0.